The maximum Gasteiger partial charge on any atom is 0.573 e. The van der Waals surface area contributed by atoms with E-state index in [0.717, 1.165) is 12.1 Å². The largest absolute Gasteiger partial charge is 0.573 e. The molecule has 1 aromatic carbocycles. The van der Waals surface area contributed by atoms with Gasteiger partial charge in [0.2, 0.25) is 0 Å². The molecule has 0 radical (unpaired) electrons. The highest BCUT2D eigenvalue weighted by Gasteiger charge is 2.30. The van der Waals surface area contributed by atoms with E-state index in [-0.39, 0.29) is 5.75 Å². The van der Waals surface area contributed by atoms with Crippen molar-refractivity contribution in [2.75, 3.05) is 6.54 Å². The molecule has 1 aromatic rings. The van der Waals surface area contributed by atoms with Crippen LogP contribution in [-0.4, -0.2) is 18.9 Å². The van der Waals surface area contributed by atoms with Gasteiger partial charge < -0.3 is 10.1 Å². The van der Waals surface area contributed by atoms with Gasteiger partial charge in [0.15, 0.2) is 0 Å². The van der Waals surface area contributed by atoms with Gasteiger partial charge in [-0.15, -0.1) is 13.2 Å². The van der Waals surface area contributed by atoms with E-state index >= 15 is 0 Å². The second kappa shape index (κ2) is 7.50. The predicted molar refractivity (Wildman–Crippen MR) is 79.1 cm³/mol. The van der Waals surface area contributed by atoms with Gasteiger partial charge >= 0.3 is 6.36 Å². The SMILES string of the molecule is CC(C)NCC(=Cc1ccc(OC(F)(F)F)cc1)C(C)C. The molecule has 1 N–H and O–H groups in total. The second-order valence-corrected chi connectivity index (χ2v) is 5.53. The van der Waals surface area contributed by atoms with E-state index in [9.17, 15) is 13.2 Å². The number of hydrogen-bond acceptors (Lipinski definition) is 2. The Morgan fingerprint density at radius 2 is 1.71 bits per heavy atom. The smallest absolute Gasteiger partial charge is 0.406 e. The highest BCUT2D eigenvalue weighted by Crippen LogP contribution is 2.23. The number of hydrogen-bond donors (Lipinski definition) is 1. The zero-order chi connectivity index (χ0) is 16.0. The normalized spacial score (nSPS) is 13.1. The van der Waals surface area contributed by atoms with Crippen LogP contribution in [0.1, 0.15) is 33.3 Å². The molecular weight excluding hydrogens is 279 g/mol. The van der Waals surface area contributed by atoms with Crippen molar-refractivity contribution in [2.24, 2.45) is 5.92 Å². The van der Waals surface area contributed by atoms with E-state index in [1.807, 2.05) is 6.08 Å². The van der Waals surface area contributed by atoms with Crippen LogP contribution in [0.2, 0.25) is 0 Å². The van der Waals surface area contributed by atoms with E-state index in [1.165, 1.54) is 17.7 Å². The molecular formula is C16H22F3NO. The number of benzene rings is 1. The molecule has 2 nitrogen and oxygen atoms in total. The molecule has 0 atom stereocenters. The molecule has 0 saturated carbocycles. The van der Waals surface area contributed by atoms with Crippen molar-refractivity contribution in [1.29, 1.82) is 0 Å². The van der Waals surface area contributed by atoms with E-state index in [0.29, 0.717) is 12.0 Å². The van der Waals surface area contributed by atoms with E-state index in [1.54, 1.807) is 12.1 Å². The third-order valence-corrected chi connectivity index (χ3v) is 2.92. The lowest BCUT2D eigenvalue weighted by Crippen LogP contribution is -2.26. The molecule has 1 rings (SSSR count). The van der Waals surface area contributed by atoms with Crippen molar-refractivity contribution in [2.45, 2.75) is 40.1 Å². The van der Waals surface area contributed by atoms with Crippen molar-refractivity contribution in [3.63, 3.8) is 0 Å². The summed E-state index contributed by atoms with van der Waals surface area (Å²) in [4.78, 5) is 0. The topological polar surface area (TPSA) is 21.3 Å². The standard InChI is InChI=1S/C16H22F3NO/c1-11(2)14(10-20-12(3)4)9-13-5-7-15(8-6-13)21-16(17,18)19/h5-9,11-12,20H,10H2,1-4H3. The Morgan fingerprint density at radius 3 is 2.14 bits per heavy atom. The van der Waals surface area contributed by atoms with Gasteiger partial charge in [0.25, 0.3) is 0 Å². The van der Waals surface area contributed by atoms with Crippen LogP contribution in [0.5, 0.6) is 5.75 Å². The van der Waals surface area contributed by atoms with Gasteiger partial charge in [0.05, 0.1) is 0 Å². The van der Waals surface area contributed by atoms with Gasteiger partial charge in [-0.05, 0) is 23.6 Å². The van der Waals surface area contributed by atoms with Crippen LogP contribution < -0.4 is 10.1 Å². The molecule has 0 saturated heterocycles. The summed E-state index contributed by atoms with van der Waals surface area (Å²) in [7, 11) is 0. The van der Waals surface area contributed by atoms with Gasteiger partial charge in [-0.2, -0.15) is 0 Å². The van der Waals surface area contributed by atoms with E-state index < -0.39 is 6.36 Å². The molecule has 0 aliphatic rings. The summed E-state index contributed by atoms with van der Waals surface area (Å²) in [5, 5.41) is 3.35. The highest BCUT2D eigenvalue weighted by atomic mass is 19.4. The quantitative estimate of drug-likeness (QED) is 0.827. The van der Waals surface area contributed by atoms with Crippen LogP contribution in [0.4, 0.5) is 13.2 Å². The molecule has 0 heterocycles. The molecule has 0 fully saturated rings. The molecule has 0 unspecified atom stereocenters. The number of halogens is 3. The van der Waals surface area contributed by atoms with Crippen LogP contribution >= 0.6 is 0 Å². The molecule has 5 heteroatoms. The third kappa shape index (κ3) is 7.18. The van der Waals surface area contributed by atoms with Crippen LogP contribution in [0.25, 0.3) is 6.08 Å². The lowest BCUT2D eigenvalue weighted by molar-refractivity contribution is -0.274. The molecule has 0 bridgehead atoms. The fourth-order valence-corrected chi connectivity index (χ4v) is 1.72. The van der Waals surface area contributed by atoms with E-state index in [2.05, 4.69) is 37.7 Å². The Balaban J connectivity index is 2.81. The highest BCUT2D eigenvalue weighted by molar-refractivity contribution is 5.54. The zero-order valence-corrected chi connectivity index (χ0v) is 12.8. The molecule has 118 valence electrons. The minimum atomic E-state index is -4.65. The van der Waals surface area contributed by atoms with Crippen molar-refractivity contribution in [3.8, 4) is 5.75 Å². The average molecular weight is 301 g/mol. The van der Waals surface area contributed by atoms with Gasteiger partial charge in [0.1, 0.15) is 5.75 Å². The minimum Gasteiger partial charge on any atom is -0.406 e. The molecule has 21 heavy (non-hydrogen) atoms. The lowest BCUT2D eigenvalue weighted by Gasteiger charge is -2.15. The first-order valence-corrected chi connectivity index (χ1v) is 6.97. The molecule has 0 amide bonds. The summed E-state index contributed by atoms with van der Waals surface area (Å²) in [5.41, 5.74) is 2.06. The number of nitrogens with one attached hydrogen (secondary N) is 1. The van der Waals surface area contributed by atoms with Gasteiger partial charge in [-0.3, -0.25) is 0 Å². The summed E-state index contributed by atoms with van der Waals surface area (Å²) in [5.74, 6) is 0.161. The average Bonchev–Trinajstić information content (AvgIpc) is 2.34. The van der Waals surface area contributed by atoms with Crippen molar-refractivity contribution in [1.82, 2.24) is 5.32 Å². The fraction of sp³-hybridized carbons (Fsp3) is 0.500. The first-order valence-electron chi connectivity index (χ1n) is 6.97. The van der Waals surface area contributed by atoms with Crippen molar-refractivity contribution in [3.05, 3.63) is 35.4 Å². The minimum absolute atomic E-state index is 0.203. The van der Waals surface area contributed by atoms with Crippen LogP contribution in [-0.2, 0) is 0 Å². The summed E-state index contributed by atoms with van der Waals surface area (Å²) >= 11 is 0. The summed E-state index contributed by atoms with van der Waals surface area (Å²) < 4.78 is 40.1. The van der Waals surface area contributed by atoms with Gasteiger partial charge in [0, 0.05) is 12.6 Å². The van der Waals surface area contributed by atoms with Gasteiger partial charge in [-0.1, -0.05) is 51.5 Å². The molecule has 0 aliphatic carbocycles. The second-order valence-electron chi connectivity index (χ2n) is 5.53. The summed E-state index contributed by atoms with van der Waals surface area (Å²) in [6.45, 7) is 9.09. The van der Waals surface area contributed by atoms with Crippen LogP contribution in [0.3, 0.4) is 0 Å². The number of ether oxygens (including phenoxy) is 1. The van der Waals surface area contributed by atoms with Crippen LogP contribution in [0.15, 0.2) is 29.8 Å². The summed E-state index contributed by atoms with van der Waals surface area (Å²) in [6.07, 6.45) is -2.65. The monoisotopic (exact) mass is 301 g/mol. The van der Waals surface area contributed by atoms with Crippen LogP contribution in [0, 0.1) is 5.92 Å². The number of rotatable bonds is 6. The summed E-state index contributed by atoms with van der Waals surface area (Å²) in [6, 6.07) is 6.28. The lowest BCUT2D eigenvalue weighted by atomic mass is 10.00. The zero-order valence-electron chi connectivity index (χ0n) is 12.8. The molecule has 0 spiro atoms. The molecule has 0 aliphatic heterocycles. The Labute approximate surface area is 124 Å². The third-order valence-electron chi connectivity index (χ3n) is 2.92. The first kappa shape index (κ1) is 17.6. The predicted octanol–water partition coefficient (Wildman–Crippen LogP) is 4.62. The van der Waals surface area contributed by atoms with E-state index in [4.69, 9.17) is 0 Å². The Hall–Kier alpha value is -1.49. The maximum atomic E-state index is 12.1. The number of alkyl halides is 3. The first-order chi connectivity index (χ1) is 9.67. The van der Waals surface area contributed by atoms with Crippen molar-refractivity contribution >= 4 is 6.08 Å². The van der Waals surface area contributed by atoms with Crippen molar-refractivity contribution < 1.29 is 17.9 Å². The fourth-order valence-electron chi connectivity index (χ4n) is 1.72. The van der Waals surface area contributed by atoms with Gasteiger partial charge in [-0.25, -0.2) is 0 Å². The Bertz CT molecular complexity index is 461. The molecule has 0 aromatic heterocycles. The Morgan fingerprint density at radius 1 is 1.14 bits per heavy atom. The maximum absolute atomic E-state index is 12.1. The Kier molecular flexibility index (Phi) is 6.27.